The Morgan fingerprint density at radius 3 is 2.17 bits per heavy atom. The number of cyclic esters (lactones) is 1. The Kier molecular flexibility index (Phi) is 5.43. The summed E-state index contributed by atoms with van der Waals surface area (Å²) in [6.07, 6.45) is 3.56. The first kappa shape index (κ1) is 18.6. The highest BCUT2D eigenvalue weighted by Crippen LogP contribution is 2.30. The lowest BCUT2D eigenvalue weighted by atomic mass is 10.1. The lowest BCUT2D eigenvalue weighted by Crippen LogP contribution is -1.97. The fourth-order valence-corrected chi connectivity index (χ4v) is 2.95. The summed E-state index contributed by atoms with van der Waals surface area (Å²) >= 11 is 0. The van der Waals surface area contributed by atoms with Gasteiger partial charge >= 0.3 is 5.97 Å². The van der Waals surface area contributed by atoms with Gasteiger partial charge in [0.2, 0.25) is 0 Å². The Morgan fingerprint density at radius 2 is 1.48 bits per heavy atom. The minimum absolute atomic E-state index is 0.363. The van der Waals surface area contributed by atoms with Gasteiger partial charge in [-0.3, -0.25) is 0 Å². The van der Waals surface area contributed by atoms with Crippen LogP contribution in [0.15, 0.2) is 90.5 Å². The van der Waals surface area contributed by atoms with Crippen molar-refractivity contribution in [2.45, 2.75) is 6.92 Å². The molecular formula is C25H20O4. The molecule has 1 aliphatic heterocycles. The summed E-state index contributed by atoms with van der Waals surface area (Å²) in [6, 6.07) is 24.6. The zero-order valence-corrected chi connectivity index (χ0v) is 16.0. The summed E-state index contributed by atoms with van der Waals surface area (Å²) in [6.45, 7) is 2.56. The maximum atomic E-state index is 12.2. The molecule has 3 aromatic rings. The van der Waals surface area contributed by atoms with E-state index < -0.39 is 0 Å². The third-order valence-corrected chi connectivity index (χ3v) is 4.36. The topological polar surface area (TPSA) is 44.8 Å². The molecule has 0 aliphatic carbocycles. The minimum Gasteiger partial charge on any atom is -0.494 e. The van der Waals surface area contributed by atoms with Crippen molar-refractivity contribution in [1.29, 1.82) is 0 Å². The van der Waals surface area contributed by atoms with Crippen LogP contribution >= 0.6 is 0 Å². The lowest BCUT2D eigenvalue weighted by molar-refractivity contribution is -0.130. The Labute approximate surface area is 169 Å². The average molecular weight is 384 g/mol. The molecule has 0 fully saturated rings. The minimum atomic E-state index is -0.363. The Morgan fingerprint density at radius 1 is 0.828 bits per heavy atom. The first-order chi connectivity index (χ1) is 14.2. The van der Waals surface area contributed by atoms with Gasteiger partial charge in [0.15, 0.2) is 0 Å². The normalized spacial score (nSPS) is 14.4. The molecule has 0 spiro atoms. The van der Waals surface area contributed by atoms with E-state index in [0.29, 0.717) is 17.9 Å². The summed E-state index contributed by atoms with van der Waals surface area (Å²) < 4.78 is 16.7. The first-order valence-electron chi connectivity index (χ1n) is 9.43. The highest BCUT2D eigenvalue weighted by Gasteiger charge is 2.22. The van der Waals surface area contributed by atoms with E-state index in [2.05, 4.69) is 0 Å². The van der Waals surface area contributed by atoms with Crippen LogP contribution in [0.2, 0.25) is 0 Å². The molecule has 1 aliphatic rings. The summed E-state index contributed by atoms with van der Waals surface area (Å²) in [7, 11) is 0. The van der Waals surface area contributed by atoms with Crippen LogP contribution in [0.25, 0.3) is 11.8 Å². The van der Waals surface area contributed by atoms with Gasteiger partial charge in [0.05, 0.1) is 12.2 Å². The molecule has 0 saturated heterocycles. The molecule has 0 unspecified atom stereocenters. The number of ether oxygens (including phenoxy) is 3. The van der Waals surface area contributed by atoms with E-state index >= 15 is 0 Å². The van der Waals surface area contributed by atoms with Crippen molar-refractivity contribution in [2.24, 2.45) is 0 Å². The molecule has 0 atom stereocenters. The molecule has 1 heterocycles. The van der Waals surface area contributed by atoms with Gasteiger partial charge in [-0.05, 0) is 73.2 Å². The third kappa shape index (κ3) is 4.55. The van der Waals surface area contributed by atoms with Gasteiger partial charge in [-0.15, -0.1) is 0 Å². The molecule has 0 bridgehead atoms. The number of rotatable bonds is 6. The van der Waals surface area contributed by atoms with Crippen LogP contribution in [0.4, 0.5) is 0 Å². The molecule has 0 amide bonds. The van der Waals surface area contributed by atoms with Gasteiger partial charge in [0.25, 0.3) is 0 Å². The molecule has 4 rings (SSSR count). The smallest absolute Gasteiger partial charge is 0.343 e. The van der Waals surface area contributed by atoms with Crippen LogP contribution in [0.5, 0.6) is 17.2 Å². The number of hydrogen-bond acceptors (Lipinski definition) is 4. The van der Waals surface area contributed by atoms with Gasteiger partial charge in [-0.25, -0.2) is 4.79 Å². The van der Waals surface area contributed by atoms with Gasteiger partial charge in [-0.2, -0.15) is 0 Å². The van der Waals surface area contributed by atoms with Crippen LogP contribution in [0, 0.1) is 0 Å². The number of benzene rings is 3. The van der Waals surface area contributed by atoms with Crippen LogP contribution < -0.4 is 9.47 Å². The molecule has 0 radical (unpaired) electrons. The fourth-order valence-electron chi connectivity index (χ4n) is 2.95. The van der Waals surface area contributed by atoms with Crippen LogP contribution in [0.3, 0.4) is 0 Å². The second-order valence-electron chi connectivity index (χ2n) is 6.44. The first-order valence-corrected chi connectivity index (χ1v) is 9.43. The van der Waals surface area contributed by atoms with Crippen LogP contribution in [-0.4, -0.2) is 12.6 Å². The Bertz CT molecular complexity index is 1050. The number of esters is 1. The van der Waals surface area contributed by atoms with Crippen molar-refractivity contribution in [2.75, 3.05) is 6.61 Å². The summed E-state index contributed by atoms with van der Waals surface area (Å²) in [4.78, 5) is 12.2. The van der Waals surface area contributed by atoms with Gasteiger partial charge in [-0.1, -0.05) is 30.3 Å². The van der Waals surface area contributed by atoms with Crippen molar-refractivity contribution >= 4 is 17.8 Å². The average Bonchev–Trinajstić information content (AvgIpc) is 3.11. The number of hydrogen-bond donors (Lipinski definition) is 0. The van der Waals surface area contributed by atoms with E-state index in [-0.39, 0.29) is 5.97 Å². The predicted octanol–water partition coefficient (Wildman–Crippen LogP) is 5.86. The summed E-state index contributed by atoms with van der Waals surface area (Å²) in [5.74, 6) is 2.46. The maximum Gasteiger partial charge on any atom is 0.343 e. The fraction of sp³-hybridized carbons (Fsp3) is 0.0800. The van der Waals surface area contributed by atoms with Crippen LogP contribution in [-0.2, 0) is 9.53 Å². The SMILES string of the molecule is CCOc1ccc(C=C2C=C(c3ccc(Oc4ccccc4)cc3)OC2=O)cc1. The maximum absolute atomic E-state index is 12.2. The number of para-hydroxylation sites is 1. The van der Waals surface area contributed by atoms with Gasteiger partial charge in [0.1, 0.15) is 23.0 Å². The molecular weight excluding hydrogens is 364 g/mol. The highest BCUT2D eigenvalue weighted by atomic mass is 16.5. The zero-order valence-electron chi connectivity index (χ0n) is 16.0. The van der Waals surface area contributed by atoms with Crippen molar-refractivity contribution in [3.63, 3.8) is 0 Å². The van der Waals surface area contributed by atoms with Gasteiger partial charge in [0, 0.05) is 5.56 Å². The van der Waals surface area contributed by atoms with E-state index in [9.17, 15) is 4.79 Å². The van der Waals surface area contributed by atoms with E-state index in [1.165, 1.54) is 0 Å². The lowest BCUT2D eigenvalue weighted by Gasteiger charge is -2.06. The molecule has 4 heteroatoms. The van der Waals surface area contributed by atoms with E-state index in [0.717, 1.165) is 28.4 Å². The van der Waals surface area contributed by atoms with E-state index in [1.54, 1.807) is 12.2 Å². The van der Waals surface area contributed by atoms with Crippen molar-refractivity contribution < 1.29 is 19.0 Å². The van der Waals surface area contributed by atoms with E-state index in [4.69, 9.17) is 14.2 Å². The quantitative estimate of drug-likeness (QED) is 0.394. The van der Waals surface area contributed by atoms with Gasteiger partial charge < -0.3 is 14.2 Å². The van der Waals surface area contributed by atoms with Crippen LogP contribution in [0.1, 0.15) is 18.1 Å². The summed E-state index contributed by atoms with van der Waals surface area (Å²) in [5, 5.41) is 0. The van der Waals surface area contributed by atoms with E-state index in [1.807, 2.05) is 85.8 Å². The largest absolute Gasteiger partial charge is 0.494 e. The third-order valence-electron chi connectivity index (χ3n) is 4.36. The highest BCUT2D eigenvalue weighted by molar-refractivity contribution is 6.05. The zero-order chi connectivity index (χ0) is 20.1. The molecule has 0 aromatic heterocycles. The van der Waals surface area contributed by atoms with Crippen molar-refractivity contribution in [3.05, 3.63) is 102 Å². The van der Waals surface area contributed by atoms with Crippen molar-refractivity contribution in [3.8, 4) is 17.2 Å². The predicted molar refractivity (Wildman–Crippen MR) is 113 cm³/mol. The Hall–Kier alpha value is -3.79. The summed E-state index contributed by atoms with van der Waals surface area (Å²) in [5.41, 5.74) is 2.23. The molecule has 144 valence electrons. The standard InChI is InChI=1S/C25H20O4/c1-2-27-21-12-8-18(9-13-21)16-20-17-24(29-25(20)26)19-10-14-23(15-11-19)28-22-6-4-3-5-7-22/h3-17H,2H2,1H3. The monoisotopic (exact) mass is 384 g/mol. The Balaban J connectivity index is 1.49. The molecule has 0 saturated carbocycles. The molecule has 0 N–H and O–H groups in total. The molecule has 29 heavy (non-hydrogen) atoms. The number of carbonyl (C=O) groups excluding carboxylic acids is 1. The molecule has 4 nitrogen and oxygen atoms in total. The van der Waals surface area contributed by atoms with Crippen molar-refractivity contribution in [1.82, 2.24) is 0 Å². The molecule has 3 aromatic carbocycles. The second kappa shape index (κ2) is 8.48. The number of carbonyl (C=O) groups is 1. The second-order valence-corrected chi connectivity index (χ2v) is 6.44.